The summed E-state index contributed by atoms with van der Waals surface area (Å²) in [5, 5.41) is 16.2. The van der Waals surface area contributed by atoms with Crippen LogP contribution >= 0.6 is 0 Å². The fourth-order valence-corrected chi connectivity index (χ4v) is 11.4. The lowest BCUT2D eigenvalue weighted by Crippen LogP contribution is -1.91. The van der Waals surface area contributed by atoms with E-state index in [1.165, 1.54) is 65.3 Å². The van der Waals surface area contributed by atoms with Crippen molar-refractivity contribution in [1.82, 2.24) is 0 Å². The molecule has 0 aliphatic rings. The highest BCUT2D eigenvalue weighted by Gasteiger charge is 2.23. The Balaban J connectivity index is 0.917. The van der Waals surface area contributed by atoms with Gasteiger partial charge in [0, 0.05) is 54.6 Å². The second kappa shape index (κ2) is 13.8. The van der Waals surface area contributed by atoms with Crippen LogP contribution in [-0.2, 0) is 0 Å². The van der Waals surface area contributed by atoms with Crippen LogP contribution in [0.2, 0.25) is 0 Å². The Morgan fingerprint density at radius 1 is 0.194 bits per heavy atom. The van der Waals surface area contributed by atoms with E-state index < -0.39 is 0 Å². The maximum Gasteiger partial charge on any atom is 0.143 e. The lowest BCUT2D eigenvalue weighted by atomic mass is 9.85. The highest BCUT2D eigenvalue weighted by Crippen LogP contribution is 2.49. The van der Waals surface area contributed by atoms with Gasteiger partial charge in [-0.3, -0.25) is 0 Å². The summed E-state index contributed by atoms with van der Waals surface area (Å²) in [6, 6.07) is 78.4. The Morgan fingerprint density at radius 2 is 0.537 bits per heavy atom. The van der Waals surface area contributed by atoms with Crippen LogP contribution in [0, 0.1) is 0 Å². The molecular weight excluding hydrogens is 817 g/mol. The first kappa shape index (κ1) is 36.4. The van der Waals surface area contributed by atoms with Crippen LogP contribution in [0.4, 0.5) is 0 Å². The van der Waals surface area contributed by atoms with Crippen molar-refractivity contribution in [3.8, 4) is 44.5 Å². The second-order valence-corrected chi connectivity index (χ2v) is 17.8. The Kier molecular flexibility index (Phi) is 7.50. The summed E-state index contributed by atoms with van der Waals surface area (Å²) in [7, 11) is 0. The van der Waals surface area contributed by atoms with E-state index in [1.807, 2.05) is 12.1 Å². The van der Waals surface area contributed by atoms with Gasteiger partial charge in [-0.1, -0.05) is 182 Å². The first-order valence-corrected chi connectivity index (χ1v) is 22.9. The van der Waals surface area contributed by atoms with E-state index in [0.717, 1.165) is 88.1 Å². The highest BCUT2D eigenvalue weighted by atomic mass is 16.3. The minimum Gasteiger partial charge on any atom is -0.456 e. The predicted molar refractivity (Wildman–Crippen MR) is 280 cm³/mol. The molecule has 3 heteroatoms. The summed E-state index contributed by atoms with van der Waals surface area (Å²) < 4.78 is 20.1. The van der Waals surface area contributed by atoms with E-state index in [4.69, 9.17) is 13.3 Å². The number of hydrogen-bond acceptors (Lipinski definition) is 3. The van der Waals surface area contributed by atoms with Crippen molar-refractivity contribution >= 4 is 109 Å². The zero-order valence-electron chi connectivity index (χ0n) is 36.0. The molecule has 310 valence electrons. The van der Waals surface area contributed by atoms with Gasteiger partial charge in [0.05, 0.1) is 0 Å². The molecule has 3 heterocycles. The third-order valence-corrected chi connectivity index (χ3v) is 14.3. The molecule has 0 bridgehead atoms. The molecule has 67 heavy (non-hydrogen) atoms. The van der Waals surface area contributed by atoms with Crippen molar-refractivity contribution in [3.05, 3.63) is 218 Å². The van der Waals surface area contributed by atoms with Gasteiger partial charge in [-0.2, -0.15) is 0 Å². The van der Waals surface area contributed by atoms with Crippen molar-refractivity contribution in [2.75, 3.05) is 0 Å². The van der Waals surface area contributed by atoms with E-state index in [-0.39, 0.29) is 0 Å². The molecule has 0 aliphatic carbocycles. The van der Waals surface area contributed by atoms with Gasteiger partial charge in [-0.15, -0.1) is 0 Å². The highest BCUT2D eigenvalue weighted by molar-refractivity contribution is 6.27. The molecule has 0 unspecified atom stereocenters. The first-order chi connectivity index (χ1) is 33.2. The second-order valence-electron chi connectivity index (χ2n) is 17.8. The third-order valence-electron chi connectivity index (χ3n) is 14.3. The summed E-state index contributed by atoms with van der Waals surface area (Å²) in [4.78, 5) is 0. The summed E-state index contributed by atoms with van der Waals surface area (Å²) in [6.07, 6.45) is 0. The quantitative estimate of drug-likeness (QED) is 0.166. The van der Waals surface area contributed by atoms with Crippen LogP contribution in [0.25, 0.3) is 153 Å². The largest absolute Gasteiger partial charge is 0.456 e. The summed E-state index contributed by atoms with van der Waals surface area (Å²) in [5.41, 5.74) is 14.5. The Morgan fingerprint density at radius 3 is 1.00 bits per heavy atom. The van der Waals surface area contributed by atoms with Crippen LogP contribution in [0.5, 0.6) is 0 Å². The topological polar surface area (TPSA) is 39.4 Å². The van der Waals surface area contributed by atoms with E-state index in [0.29, 0.717) is 0 Å². The molecule has 0 atom stereocenters. The van der Waals surface area contributed by atoms with Gasteiger partial charge in [-0.05, 0) is 102 Å². The predicted octanol–water partition coefficient (Wildman–Crippen LogP) is 18.7. The Labute approximate surface area is 383 Å². The molecule has 0 fully saturated rings. The number of hydrogen-bond donors (Lipinski definition) is 0. The molecule has 0 saturated heterocycles. The van der Waals surface area contributed by atoms with E-state index in [2.05, 4.69) is 206 Å². The monoisotopic (exact) mass is 852 g/mol. The van der Waals surface area contributed by atoms with Crippen molar-refractivity contribution in [2.24, 2.45) is 0 Å². The minimum atomic E-state index is 0.859. The molecule has 0 saturated carbocycles. The molecule has 12 aromatic carbocycles. The summed E-state index contributed by atoms with van der Waals surface area (Å²) in [5.74, 6) is 0. The number of benzene rings is 12. The molecule has 3 nitrogen and oxygen atoms in total. The minimum absolute atomic E-state index is 0.859. The zero-order chi connectivity index (χ0) is 43.7. The first-order valence-electron chi connectivity index (χ1n) is 22.9. The van der Waals surface area contributed by atoms with Gasteiger partial charge in [-0.25, -0.2) is 0 Å². The van der Waals surface area contributed by atoms with E-state index in [9.17, 15) is 0 Å². The molecule has 0 amide bonds. The molecule has 0 spiro atoms. The van der Waals surface area contributed by atoms with Gasteiger partial charge in [0.1, 0.15) is 33.5 Å². The zero-order valence-corrected chi connectivity index (χ0v) is 36.0. The van der Waals surface area contributed by atoms with Crippen LogP contribution in [0.3, 0.4) is 0 Å². The molecule has 0 radical (unpaired) electrons. The van der Waals surface area contributed by atoms with Gasteiger partial charge in [0.25, 0.3) is 0 Å². The summed E-state index contributed by atoms with van der Waals surface area (Å²) in [6.45, 7) is 0. The van der Waals surface area contributed by atoms with E-state index in [1.54, 1.807) is 0 Å². The van der Waals surface area contributed by atoms with Crippen LogP contribution in [0.15, 0.2) is 232 Å². The fourth-order valence-electron chi connectivity index (χ4n) is 11.4. The maximum absolute atomic E-state index is 6.79. The SMILES string of the molecule is c1ccc2c(c1)oc1c(-c3c4ccccc4c(-c4ccc5c(c4)oc4ccc(-c6c7ccccc7c(-c7cccc8c7oc7ccccc78)c7ccccc67)cc45)c4ccccc34)cccc12. The standard InChI is InChI=1S/C64H36O3/c1-5-21-46-42(17-1)59(43-18-2-6-22-47(43)61(46)52-27-13-25-50-39-15-9-11-29-55(39)66-63(50)52)37-32-34-57-54(35-37)41-33-31-38(36-58(41)65-57)60-44-19-3-7-23-48(44)62(49-24-8-4-20-45(49)60)53-28-14-26-51-40-16-10-12-30-56(40)67-64(51)53/h1-36H. The van der Waals surface area contributed by atoms with Crippen LogP contribution in [0.1, 0.15) is 0 Å². The Bertz CT molecular complexity index is 4460. The molecule has 0 N–H and O–H groups in total. The normalized spacial score (nSPS) is 12.2. The molecule has 15 rings (SSSR count). The maximum atomic E-state index is 6.79. The summed E-state index contributed by atoms with van der Waals surface area (Å²) >= 11 is 0. The van der Waals surface area contributed by atoms with E-state index >= 15 is 0 Å². The van der Waals surface area contributed by atoms with Crippen molar-refractivity contribution in [2.45, 2.75) is 0 Å². The number of furan rings is 3. The number of para-hydroxylation sites is 4. The van der Waals surface area contributed by atoms with Crippen molar-refractivity contribution in [1.29, 1.82) is 0 Å². The molecular formula is C64H36O3. The Hall–Kier alpha value is -8.92. The molecule has 15 aromatic rings. The lowest BCUT2D eigenvalue weighted by molar-refractivity contribution is 0.669. The smallest absolute Gasteiger partial charge is 0.143 e. The van der Waals surface area contributed by atoms with Gasteiger partial charge >= 0.3 is 0 Å². The van der Waals surface area contributed by atoms with Crippen LogP contribution < -0.4 is 0 Å². The molecule has 0 aliphatic heterocycles. The number of fused-ring (bicyclic) bond motifs is 13. The van der Waals surface area contributed by atoms with Gasteiger partial charge in [0.15, 0.2) is 0 Å². The fraction of sp³-hybridized carbons (Fsp3) is 0. The average Bonchev–Trinajstić information content (AvgIpc) is 4.08. The third kappa shape index (κ3) is 5.17. The van der Waals surface area contributed by atoms with Crippen LogP contribution in [-0.4, -0.2) is 0 Å². The average molecular weight is 853 g/mol. The molecule has 3 aromatic heterocycles. The number of rotatable bonds is 4. The van der Waals surface area contributed by atoms with Crippen molar-refractivity contribution < 1.29 is 13.3 Å². The van der Waals surface area contributed by atoms with Crippen molar-refractivity contribution in [3.63, 3.8) is 0 Å². The lowest BCUT2D eigenvalue weighted by Gasteiger charge is -2.18. The van der Waals surface area contributed by atoms with Gasteiger partial charge in [0.2, 0.25) is 0 Å². The van der Waals surface area contributed by atoms with Gasteiger partial charge < -0.3 is 13.3 Å².